The van der Waals surface area contributed by atoms with E-state index >= 15 is 0 Å². The monoisotopic (exact) mass is 258 g/mol. The summed E-state index contributed by atoms with van der Waals surface area (Å²) in [5, 5.41) is 0.783. The molecule has 0 radical (unpaired) electrons. The first kappa shape index (κ1) is 11.3. The van der Waals surface area contributed by atoms with Crippen molar-refractivity contribution < 1.29 is 8.78 Å². The minimum atomic E-state index is -0.889. The van der Waals surface area contributed by atoms with E-state index in [0.717, 1.165) is 23.9 Å². The molecule has 0 aliphatic carbocycles. The third-order valence-electron chi connectivity index (χ3n) is 1.70. The molecular formula is C10H5ClF2N2S. The van der Waals surface area contributed by atoms with Crippen molar-refractivity contribution in [3.8, 4) is 0 Å². The molecule has 0 fully saturated rings. The van der Waals surface area contributed by atoms with Gasteiger partial charge in [-0.15, -0.1) is 0 Å². The highest BCUT2D eigenvalue weighted by Crippen LogP contribution is 2.27. The number of aromatic nitrogens is 2. The van der Waals surface area contributed by atoms with Gasteiger partial charge >= 0.3 is 0 Å². The Balaban J connectivity index is 2.24. The fraction of sp³-hybridized carbons (Fsp3) is 0. The smallest absolute Gasteiger partial charge is 0.159 e. The lowest BCUT2D eigenvalue weighted by molar-refractivity contribution is 0.506. The largest absolute Gasteiger partial charge is 0.259 e. The van der Waals surface area contributed by atoms with Crippen molar-refractivity contribution in [2.45, 2.75) is 9.92 Å². The molecular weight excluding hydrogens is 254 g/mol. The number of benzene rings is 1. The zero-order valence-electron chi connectivity index (χ0n) is 7.82. The predicted molar refractivity (Wildman–Crippen MR) is 57.5 cm³/mol. The predicted octanol–water partition coefficient (Wildman–Crippen LogP) is 3.56. The van der Waals surface area contributed by atoms with Crippen LogP contribution in [0.3, 0.4) is 0 Å². The van der Waals surface area contributed by atoms with Crippen LogP contribution in [0.2, 0.25) is 5.15 Å². The lowest BCUT2D eigenvalue weighted by atomic mass is 10.3. The molecule has 2 rings (SSSR count). The summed E-state index contributed by atoms with van der Waals surface area (Å²) in [7, 11) is 0. The molecule has 82 valence electrons. The normalized spacial score (nSPS) is 10.4. The van der Waals surface area contributed by atoms with E-state index in [-0.39, 0.29) is 5.15 Å². The van der Waals surface area contributed by atoms with Crippen LogP contribution in [-0.2, 0) is 0 Å². The van der Waals surface area contributed by atoms with E-state index in [1.165, 1.54) is 18.5 Å². The Morgan fingerprint density at radius 1 is 1.12 bits per heavy atom. The standard InChI is InChI=1S/C10H5ClF2N2S/c11-9-4-14-5-10(15-9)16-6-1-2-7(12)8(13)3-6/h1-5H. The molecule has 1 aromatic heterocycles. The first-order valence-electron chi connectivity index (χ1n) is 4.25. The molecule has 0 saturated heterocycles. The Hall–Kier alpha value is -1.20. The quantitative estimate of drug-likeness (QED) is 0.824. The Kier molecular flexibility index (Phi) is 3.36. The molecule has 0 N–H and O–H groups in total. The molecule has 0 amide bonds. The summed E-state index contributed by atoms with van der Waals surface area (Å²) < 4.78 is 25.6. The molecule has 16 heavy (non-hydrogen) atoms. The number of hydrogen-bond acceptors (Lipinski definition) is 3. The SMILES string of the molecule is Fc1ccc(Sc2cncc(Cl)n2)cc1F. The minimum Gasteiger partial charge on any atom is -0.259 e. The van der Waals surface area contributed by atoms with E-state index in [2.05, 4.69) is 9.97 Å². The van der Waals surface area contributed by atoms with Crippen LogP contribution >= 0.6 is 23.4 Å². The van der Waals surface area contributed by atoms with Gasteiger partial charge in [0.15, 0.2) is 11.6 Å². The van der Waals surface area contributed by atoms with Crippen molar-refractivity contribution in [2.75, 3.05) is 0 Å². The maximum Gasteiger partial charge on any atom is 0.159 e. The summed E-state index contributed by atoms with van der Waals surface area (Å²) in [5.74, 6) is -1.76. The van der Waals surface area contributed by atoms with Gasteiger partial charge < -0.3 is 0 Å². The Labute approximate surface area is 99.7 Å². The van der Waals surface area contributed by atoms with Crippen LogP contribution in [0.4, 0.5) is 8.78 Å². The van der Waals surface area contributed by atoms with Crippen molar-refractivity contribution in [2.24, 2.45) is 0 Å². The highest BCUT2D eigenvalue weighted by atomic mass is 35.5. The zero-order valence-corrected chi connectivity index (χ0v) is 9.40. The molecule has 1 heterocycles. The number of rotatable bonds is 2. The van der Waals surface area contributed by atoms with E-state index in [1.54, 1.807) is 0 Å². The molecule has 0 spiro atoms. The van der Waals surface area contributed by atoms with Crippen molar-refractivity contribution in [3.05, 3.63) is 47.4 Å². The van der Waals surface area contributed by atoms with E-state index in [0.29, 0.717) is 9.92 Å². The van der Waals surface area contributed by atoms with E-state index in [4.69, 9.17) is 11.6 Å². The lowest BCUT2D eigenvalue weighted by Gasteiger charge is -2.01. The van der Waals surface area contributed by atoms with Crippen molar-refractivity contribution in [1.82, 2.24) is 9.97 Å². The summed E-state index contributed by atoms with van der Waals surface area (Å²) in [6.07, 6.45) is 2.90. The lowest BCUT2D eigenvalue weighted by Crippen LogP contribution is -1.86. The fourth-order valence-corrected chi connectivity index (χ4v) is 2.03. The second-order valence-corrected chi connectivity index (χ2v) is 4.34. The third kappa shape index (κ3) is 2.68. The molecule has 2 nitrogen and oxygen atoms in total. The topological polar surface area (TPSA) is 25.8 Å². The number of halogens is 3. The zero-order chi connectivity index (χ0) is 11.5. The average Bonchev–Trinajstić information content (AvgIpc) is 2.24. The second-order valence-electron chi connectivity index (χ2n) is 2.86. The van der Waals surface area contributed by atoms with Crippen LogP contribution in [0.1, 0.15) is 0 Å². The summed E-state index contributed by atoms with van der Waals surface area (Å²) in [6, 6.07) is 3.63. The first-order valence-corrected chi connectivity index (χ1v) is 5.45. The molecule has 0 saturated carbocycles. The summed E-state index contributed by atoms with van der Waals surface area (Å²) in [4.78, 5) is 8.34. The molecule has 1 aromatic carbocycles. The van der Waals surface area contributed by atoms with Gasteiger partial charge in [-0.1, -0.05) is 23.4 Å². The summed E-state index contributed by atoms with van der Waals surface area (Å²) in [5.41, 5.74) is 0. The van der Waals surface area contributed by atoms with Gasteiger partial charge in [-0.05, 0) is 18.2 Å². The first-order chi connectivity index (χ1) is 7.65. The molecule has 0 bridgehead atoms. The van der Waals surface area contributed by atoms with Crippen LogP contribution in [0.15, 0.2) is 40.5 Å². The number of nitrogens with zero attached hydrogens (tertiary/aromatic N) is 2. The molecule has 2 aromatic rings. The number of hydrogen-bond donors (Lipinski definition) is 0. The van der Waals surface area contributed by atoms with Crippen LogP contribution < -0.4 is 0 Å². The van der Waals surface area contributed by atoms with Gasteiger partial charge in [-0.3, -0.25) is 4.98 Å². The molecule has 0 aliphatic heterocycles. The van der Waals surface area contributed by atoms with Crippen LogP contribution in [0.25, 0.3) is 0 Å². The molecule has 0 aliphatic rings. The fourth-order valence-electron chi connectivity index (χ4n) is 1.04. The molecule has 0 unspecified atom stereocenters. The van der Waals surface area contributed by atoms with Gasteiger partial charge in [0.2, 0.25) is 0 Å². The maximum absolute atomic E-state index is 12.9. The van der Waals surface area contributed by atoms with Gasteiger partial charge in [-0.25, -0.2) is 13.8 Å². The van der Waals surface area contributed by atoms with Gasteiger partial charge in [0, 0.05) is 4.90 Å². The van der Waals surface area contributed by atoms with Gasteiger partial charge in [-0.2, -0.15) is 0 Å². The Morgan fingerprint density at radius 3 is 2.62 bits per heavy atom. The van der Waals surface area contributed by atoms with Crippen molar-refractivity contribution in [1.29, 1.82) is 0 Å². The molecule has 0 atom stereocenters. The Bertz CT molecular complexity index is 522. The van der Waals surface area contributed by atoms with Gasteiger partial charge in [0.05, 0.1) is 12.4 Å². The Morgan fingerprint density at radius 2 is 1.94 bits per heavy atom. The highest BCUT2D eigenvalue weighted by molar-refractivity contribution is 7.99. The summed E-state index contributed by atoms with van der Waals surface area (Å²) in [6.45, 7) is 0. The average molecular weight is 259 g/mol. The summed E-state index contributed by atoms with van der Waals surface area (Å²) >= 11 is 6.81. The van der Waals surface area contributed by atoms with E-state index in [1.807, 2.05) is 0 Å². The van der Waals surface area contributed by atoms with Crippen molar-refractivity contribution in [3.63, 3.8) is 0 Å². The van der Waals surface area contributed by atoms with Gasteiger partial charge in [0.1, 0.15) is 10.2 Å². The van der Waals surface area contributed by atoms with E-state index < -0.39 is 11.6 Å². The minimum absolute atomic E-state index is 0.257. The van der Waals surface area contributed by atoms with Crippen LogP contribution in [-0.4, -0.2) is 9.97 Å². The van der Waals surface area contributed by atoms with Crippen molar-refractivity contribution >= 4 is 23.4 Å². The van der Waals surface area contributed by atoms with Gasteiger partial charge in [0.25, 0.3) is 0 Å². The second kappa shape index (κ2) is 4.76. The van der Waals surface area contributed by atoms with Crippen LogP contribution in [0.5, 0.6) is 0 Å². The maximum atomic E-state index is 12.9. The van der Waals surface area contributed by atoms with Crippen LogP contribution in [0, 0.1) is 11.6 Å². The molecule has 6 heteroatoms. The van der Waals surface area contributed by atoms with E-state index in [9.17, 15) is 8.78 Å². The highest BCUT2D eigenvalue weighted by Gasteiger charge is 2.05. The third-order valence-corrected chi connectivity index (χ3v) is 2.77.